The minimum atomic E-state index is -4.20. The van der Waals surface area contributed by atoms with Gasteiger partial charge in [-0.05, 0) is 31.2 Å². The zero-order valence-corrected chi connectivity index (χ0v) is 16.8. The number of nitrogens with zero attached hydrogens (tertiary/aromatic N) is 2. The lowest BCUT2D eigenvalue weighted by molar-refractivity contribution is -0.119. The SMILES string of the molecule is Cc1ccc(S(=O)(=O)O/N=C(\C(=O)C(C)(C)C)c2nc3ccccc3o2)cc1. The van der Waals surface area contributed by atoms with Crippen molar-refractivity contribution in [1.29, 1.82) is 0 Å². The van der Waals surface area contributed by atoms with Crippen molar-refractivity contribution in [2.75, 3.05) is 0 Å². The van der Waals surface area contributed by atoms with Crippen LogP contribution in [-0.2, 0) is 19.2 Å². The van der Waals surface area contributed by atoms with E-state index in [-0.39, 0.29) is 16.5 Å². The van der Waals surface area contributed by atoms with Crippen LogP contribution in [0.3, 0.4) is 0 Å². The van der Waals surface area contributed by atoms with Gasteiger partial charge in [-0.15, -0.1) is 0 Å². The lowest BCUT2D eigenvalue weighted by Crippen LogP contribution is -2.30. The van der Waals surface area contributed by atoms with Crippen molar-refractivity contribution in [2.24, 2.45) is 10.6 Å². The molecule has 0 aliphatic rings. The molecule has 0 amide bonds. The molecule has 0 saturated heterocycles. The Morgan fingerprint density at radius 1 is 1.07 bits per heavy atom. The Labute approximate surface area is 163 Å². The summed E-state index contributed by atoms with van der Waals surface area (Å²) in [5.41, 5.74) is 0.731. The van der Waals surface area contributed by atoms with E-state index in [0.717, 1.165) is 5.56 Å². The highest BCUT2D eigenvalue weighted by atomic mass is 32.2. The molecule has 3 rings (SSSR count). The smallest absolute Gasteiger partial charge is 0.358 e. The lowest BCUT2D eigenvalue weighted by Gasteiger charge is -2.15. The number of oxime groups is 1. The Balaban J connectivity index is 2.03. The van der Waals surface area contributed by atoms with E-state index in [1.54, 1.807) is 57.2 Å². The number of oxazole rings is 1. The highest BCUT2D eigenvalue weighted by molar-refractivity contribution is 7.86. The molecule has 1 aromatic heterocycles. The van der Waals surface area contributed by atoms with Crippen molar-refractivity contribution >= 4 is 32.7 Å². The number of fused-ring (bicyclic) bond motifs is 1. The Bertz CT molecular complexity index is 1120. The van der Waals surface area contributed by atoms with Crippen LogP contribution in [-0.4, -0.2) is 24.9 Å². The fourth-order valence-corrected chi connectivity index (χ4v) is 3.07. The fraction of sp³-hybridized carbons (Fsp3) is 0.250. The van der Waals surface area contributed by atoms with Crippen molar-refractivity contribution in [3.63, 3.8) is 0 Å². The van der Waals surface area contributed by atoms with E-state index < -0.39 is 21.3 Å². The first-order valence-corrected chi connectivity index (χ1v) is 9.98. The van der Waals surface area contributed by atoms with Crippen molar-refractivity contribution in [3.8, 4) is 0 Å². The molecule has 0 unspecified atom stereocenters. The van der Waals surface area contributed by atoms with Crippen molar-refractivity contribution in [3.05, 3.63) is 60.0 Å². The van der Waals surface area contributed by atoms with E-state index in [0.29, 0.717) is 11.1 Å². The molecular formula is C20H20N2O5S. The van der Waals surface area contributed by atoms with Crippen LogP contribution in [0.1, 0.15) is 32.2 Å². The lowest BCUT2D eigenvalue weighted by atomic mass is 9.88. The standard InChI is InChI=1S/C20H20N2O5S/c1-13-9-11-14(12-10-13)28(24,25)27-22-17(18(23)20(2,3)4)19-21-15-7-5-6-8-16(15)26-19/h5-12H,1-4H3/b22-17+. The third-order valence-electron chi connectivity index (χ3n) is 3.93. The van der Waals surface area contributed by atoms with Crippen LogP contribution < -0.4 is 0 Å². The van der Waals surface area contributed by atoms with Gasteiger partial charge in [0.1, 0.15) is 10.4 Å². The van der Waals surface area contributed by atoms with Gasteiger partial charge in [-0.1, -0.05) is 55.8 Å². The average molecular weight is 400 g/mol. The molecule has 146 valence electrons. The molecule has 28 heavy (non-hydrogen) atoms. The number of hydrogen-bond donors (Lipinski definition) is 0. The summed E-state index contributed by atoms with van der Waals surface area (Å²) in [6.07, 6.45) is 0. The van der Waals surface area contributed by atoms with Gasteiger partial charge in [0.05, 0.1) is 0 Å². The summed E-state index contributed by atoms with van der Waals surface area (Å²) in [7, 11) is -4.20. The van der Waals surface area contributed by atoms with Crippen LogP contribution in [0, 0.1) is 12.3 Å². The number of carbonyl (C=O) groups is 1. The second-order valence-corrected chi connectivity index (χ2v) is 8.88. The molecule has 0 spiro atoms. The third-order valence-corrected chi connectivity index (χ3v) is 5.05. The van der Waals surface area contributed by atoms with E-state index in [2.05, 4.69) is 10.1 Å². The maximum Gasteiger partial charge on any atom is 0.358 e. The number of ketones is 1. The van der Waals surface area contributed by atoms with Crippen molar-refractivity contribution < 1.29 is 21.9 Å². The molecule has 0 atom stereocenters. The van der Waals surface area contributed by atoms with Gasteiger partial charge in [0.2, 0.25) is 5.71 Å². The monoisotopic (exact) mass is 400 g/mol. The first-order chi connectivity index (χ1) is 13.1. The quantitative estimate of drug-likeness (QED) is 0.476. The van der Waals surface area contributed by atoms with Gasteiger partial charge in [-0.3, -0.25) is 9.08 Å². The number of benzene rings is 2. The van der Waals surface area contributed by atoms with E-state index >= 15 is 0 Å². The summed E-state index contributed by atoms with van der Waals surface area (Å²) in [4.78, 5) is 17.0. The van der Waals surface area contributed by atoms with E-state index in [4.69, 9.17) is 8.70 Å². The highest BCUT2D eigenvalue weighted by Crippen LogP contribution is 2.22. The maximum absolute atomic E-state index is 12.8. The second kappa shape index (κ2) is 7.20. The summed E-state index contributed by atoms with van der Waals surface area (Å²) in [6, 6.07) is 13.0. The molecule has 7 nitrogen and oxygen atoms in total. The number of aromatic nitrogens is 1. The average Bonchev–Trinajstić information content (AvgIpc) is 3.05. The predicted molar refractivity (Wildman–Crippen MR) is 104 cm³/mol. The molecule has 0 radical (unpaired) electrons. The van der Waals surface area contributed by atoms with Crippen LogP contribution in [0.5, 0.6) is 0 Å². The third kappa shape index (κ3) is 4.12. The predicted octanol–water partition coefficient (Wildman–Crippen LogP) is 3.86. The van der Waals surface area contributed by atoms with Gasteiger partial charge >= 0.3 is 10.1 Å². The Morgan fingerprint density at radius 3 is 2.32 bits per heavy atom. The van der Waals surface area contributed by atoms with Crippen molar-refractivity contribution in [1.82, 2.24) is 4.98 Å². The molecule has 0 aliphatic carbocycles. The molecule has 3 aromatic rings. The second-order valence-electron chi connectivity index (χ2n) is 7.35. The van der Waals surface area contributed by atoms with Crippen LogP contribution in [0.2, 0.25) is 0 Å². The van der Waals surface area contributed by atoms with Gasteiger partial charge in [-0.2, -0.15) is 8.42 Å². The van der Waals surface area contributed by atoms with Gasteiger partial charge < -0.3 is 4.42 Å². The highest BCUT2D eigenvalue weighted by Gasteiger charge is 2.32. The van der Waals surface area contributed by atoms with E-state index in [1.807, 2.05) is 6.92 Å². The fourth-order valence-electron chi connectivity index (χ4n) is 2.34. The summed E-state index contributed by atoms with van der Waals surface area (Å²) in [5.74, 6) is -0.557. The van der Waals surface area contributed by atoms with Crippen molar-refractivity contribution in [2.45, 2.75) is 32.6 Å². The zero-order valence-electron chi connectivity index (χ0n) is 16.0. The molecule has 0 N–H and O–H groups in total. The first-order valence-electron chi connectivity index (χ1n) is 8.57. The molecule has 1 heterocycles. The van der Waals surface area contributed by atoms with Gasteiger partial charge in [0.15, 0.2) is 11.4 Å². The molecule has 0 aliphatic heterocycles. The molecule has 0 saturated carbocycles. The molecule has 0 bridgehead atoms. The van der Waals surface area contributed by atoms with Crippen LogP contribution in [0.25, 0.3) is 11.1 Å². The number of hydrogen-bond acceptors (Lipinski definition) is 7. The normalized spacial score (nSPS) is 12.9. The van der Waals surface area contributed by atoms with Gasteiger partial charge in [-0.25, -0.2) is 4.98 Å². The molecule has 8 heteroatoms. The Morgan fingerprint density at radius 2 is 1.71 bits per heavy atom. The van der Waals surface area contributed by atoms with Gasteiger partial charge in [0.25, 0.3) is 5.89 Å². The summed E-state index contributed by atoms with van der Waals surface area (Å²) < 4.78 is 35.3. The summed E-state index contributed by atoms with van der Waals surface area (Å²) in [5, 5.41) is 3.65. The number of Topliss-reactive ketones (excluding diaryl/α,β-unsaturated/α-hetero) is 1. The van der Waals surface area contributed by atoms with E-state index in [9.17, 15) is 13.2 Å². The number of para-hydroxylation sites is 2. The number of carbonyl (C=O) groups excluding carboxylic acids is 1. The molecule has 0 fully saturated rings. The van der Waals surface area contributed by atoms with Crippen LogP contribution in [0.4, 0.5) is 0 Å². The van der Waals surface area contributed by atoms with E-state index in [1.165, 1.54) is 12.1 Å². The summed E-state index contributed by atoms with van der Waals surface area (Å²) >= 11 is 0. The Kier molecular flexibility index (Phi) is 5.08. The number of aryl methyl sites for hydroxylation is 1. The van der Waals surface area contributed by atoms with Gasteiger partial charge in [0, 0.05) is 5.41 Å². The minimum Gasteiger partial charge on any atom is -0.435 e. The first kappa shape index (κ1) is 19.8. The number of rotatable bonds is 5. The maximum atomic E-state index is 12.8. The largest absolute Gasteiger partial charge is 0.435 e. The Hall–Kier alpha value is -3.00. The van der Waals surface area contributed by atoms with Crippen LogP contribution >= 0.6 is 0 Å². The summed E-state index contributed by atoms with van der Waals surface area (Å²) in [6.45, 7) is 6.88. The zero-order chi connectivity index (χ0) is 20.5. The topological polar surface area (TPSA) is 98.8 Å². The van der Waals surface area contributed by atoms with Crippen LogP contribution in [0.15, 0.2) is 63.0 Å². The molecule has 2 aromatic carbocycles. The molecular weight excluding hydrogens is 380 g/mol. The minimum absolute atomic E-state index is 0.0676.